The van der Waals surface area contributed by atoms with E-state index < -0.39 is 18.0 Å². The minimum absolute atomic E-state index is 0.431. The van der Waals surface area contributed by atoms with Crippen molar-refractivity contribution in [2.24, 2.45) is 11.8 Å². The van der Waals surface area contributed by atoms with Crippen LogP contribution in [0.4, 0.5) is 0 Å². The SMILES string of the molecule is CCCCCCCC[C@H]1CCC[C@@H]1CCCCCC(OC(C)=O)C(=O)O. The molecule has 0 bridgehead atoms. The molecule has 152 valence electrons. The highest BCUT2D eigenvalue weighted by Gasteiger charge is 2.26. The van der Waals surface area contributed by atoms with Gasteiger partial charge in [0.15, 0.2) is 6.10 Å². The summed E-state index contributed by atoms with van der Waals surface area (Å²) < 4.78 is 4.85. The number of carboxylic acids is 1. The van der Waals surface area contributed by atoms with E-state index in [4.69, 9.17) is 9.84 Å². The zero-order chi connectivity index (χ0) is 19.2. The fourth-order valence-corrected chi connectivity index (χ4v) is 4.41. The Morgan fingerprint density at radius 3 is 2.00 bits per heavy atom. The minimum atomic E-state index is -1.03. The summed E-state index contributed by atoms with van der Waals surface area (Å²) in [6.45, 7) is 3.53. The molecular weight excluding hydrogens is 328 g/mol. The highest BCUT2D eigenvalue weighted by Crippen LogP contribution is 2.38. The maximum absolute atomic E-state index is 11.1. The predicted octanol–water partition coefficient (Wildman–Crippen LogP) is 6.12. The largest absolute Gasteiger partial charge is 0.479 e. The molecule has 3 atom stereocenters. The third kappa shape index (κ3) is 10.2. The van der Waals surface area contributed by atoms with Crippen LogP contribution in [0.3, 0.4) is 0 Å². The van der Waals surface area contributed by atoms with Crippen molar-refractivity contribution in [1.82, 2.24) is 0 Å². The molecule has 0 radical (unpaired) electrons. The summed E-state index contributed by atoms with van der Waals surface area (Å²) in [7, 11) is 0. The van der Waals surface area contributed by atoms with E-state index in [9.17, 15) is 9.59 Å². The molecule has 1 aliphatic carbocycles. The van der Waals surface area contributed by atoms with Gasteiger partial charge in [0.2, 0.25) is 0 Å². The monoisotopic (exact) mass is 368 g/mol. The van der Waals surface area contributed by atoms with Crippen molar-refractivity contribution in [1.29, 1.82) is 0 Å². The molecule has 26 heavy (non-hydrogen) atoms. The first-order valence-electron chi connectivity index (χ1n) is 10.9. The molecule has 1 aliphatic rings. The Morgan fingerprint density at radius 2 is 1.46 bits per heavy atom. The molecule has 1 saturated carbocycles. The molecule has 0 aromatic heterocycles. The van der Waals surface area contributed by atoms with Crippen LogP contribution >= 0.6 is 0 Å². The highest BCUT2D eigenvalue weighted by atomic mass is 16.6. The second-order valence-corrected chi connectivity index (χ2v) is 8.08. The Kier molecular flexibility index (Phi) is 12.4. The van der Waals surface area contributed by atoms with Crippen molar-refractivity contribution in [2.75, 3.05) is 0 Å². The van der Waals surface area contributed by atoms with Crippen molar-refractivity contribution in [3.8, 4) is 0 Å². The van der Waals surface area contributed by atoms with E-state index in [2.05, 4.69) is 6.92 Å². The summed E-state index contributed by atoms with van der Waals surface area (Å²) in [5.41, 5.74) is 0. The van der Waals surface area contributed by atoms with Crippen LogP contribution in [0.5, 0.6) is 0 Å². The van der Waals surface area contributed by atoms with E-state index in [0.717, 1.165) is 24.7 Å². The smallest absolute Gasteiger partial charge is 0.345 e. The van der Waals surface area contributed by atoms with Gasteiger partial charge in [0.05, 0.1) is 0 Å². The maximum atomic E-state index is 11.1. The third-order valence-electron chi connectivity index (χ3n) is 5.87. The average Bonchev–Trinajstić information content (AvgIpc) is 3.03. The maximum Gasteiger partial charge on any atom is 0.345 e. The Morgan fingerprint density at radius 1 is 0.923 bits per heavy atom. The first kappa shape index (κ1) is 23.0. The number of hydrogen-bond donors (Lipinski definition) is 1. The molecule has 0 amide bonds. The highest BCUT2D eigenvalue weighted by molar-refractivity contribution is 5.76. The van der Waals surface area contributed by atoms with Crippen LogP contribution in [0.2, 0.25) is 0 Å². The van der Waals surface area contributed by atoms with Gasteiger partial charge in [-0.2, -0.15) is 0 Å². The van der Waals surface area contributed by atoms with E-state index in [1.54, 1.807) is 0 Å². The van der Waals surface area contributed by atoms with E-state index in [0.29, 0.717) is 6.42 Å². The number of carbonyl (C=O) groups is 2. The van der Waals surface area contributed by atoms with Gasteiger partial charge in [-0.3, -0.25) is 4.79 Å². The first-order valence-corrected chi connectivity index (χ1v) is 10.9. The summed E-state index contributed by atoms with van der Waals surface area (Å²) >= 11 is 0. The van der Waals surface area contributed by atoms with Gasteiger partial charge in [0, 0.05) is 6.92 Å². The number of esters is 1. The summed E-state index contributed by atoms with van der Waals surface area (Å²) in [5, 5.41) is 9.06. The third-order valence-corrected chi connectivity index (χ3v) is 5.87. The van der Waals surface area contributed by atoms with Gasteiger partial charge in [-0.15, -0.1) is 0 Å². The topological polar surface area (TPSA) is 63.6 Å². The molecule has 0 saturated heterocycles. The van der Waals surface area contributed by atoms with Crippen molar-refractivity contribution < 1.29 is 19.4 Å². The van der Waals surface area contributed by atoms with Crippen molar-refractivity contribution >= 4 is 11.9 Å². The lowest BCUT2D eigenvalue weighted by Crippen LogP contribution is -2.25. The van der Waals surface area contributed by atoms with Crippen molar-refractivity contribution in [3.63, 3.8) is 0 Å². The van der Waals surface area contributed by atoms with Gasteiger partial charge >= 0.3 is 11.9 Å². The van der Waals surface area contributed by atoms with E-state index in [1.807, 2.05) is 0 Å². The zero-order valence-electron chi connectivity index (χ0n) is 17.0. The molecule has 0 aliphatic heterocycles. The molecular formula is C22H40O4. The Bertz CT molecular complexity index is 394. The normalized spacial score (nSPS) is 20.8. The standard InChI is InChI=1S/C22H40O4/c1-3-4-5-6-7-9-13-19-15-12-16-20(19)14-10-8-11-17-21(22(24)25)26-18(2)23/h19-21H,3-17H2,1-2H3,(H,24,25)/t19-,20-,21?/m0/s1. The Hall–Kier alpha value is -1.06. The number of aliphatic carboxylic acids is 1. The van der Waals surface area contributed by atoms with E-state index >= 15 is 0 Å². The molecule has 0 spiro atoms. The average molecular weight is 369 g/mol. The van der Waals surface area contributed by atoms with Crippen LogP contribution < -0.4 is 0 Å². The molecule has 0 aromatic carbocycles. The summed E-state index contributed by atoms with van der Waals surface area (Å²) in [5.74, 6) is 0.263. The van der Waals surface area contributed by atoms with Crippen LogP contribution in [0.15, 0.2) is 0 Å². The number of ether oxygens (including phenoxy) is 1. The molecule has 4 heteroatoms. The van der Waals surface area contributed by atoms with Crippen LogP contribution in [-0.2, 0) is 14.3 Å². The van der Waals surface area contributed by atoms with Crippen LogP contribution in [-0.4, -0.2) is 23.1 Å². The Labute approximate surface area is 160 Å². The predicted molar refractivity (Wildman–Crippen MR) is 105 cm³/mol. The fourth-order valence-electron chi connectivity index (χ4n) is 4.41. The van der Waals surface area contributed by atoms with Crippen molar-refractivity contribution in [3.05, 3.63) is 0 Å². The zero-order valence-corrected chi connectivity index (χ0v) is 17.0. The second-order valence-electron chi connectivity index (χ2n) is 8.08. The summed E-state index contributed by atoms with van der Waals surface area (Å²) in [6.07, 6.45) is 17.6. The molecule has 1 unspecified atom stereocenters. The molecule has 1 N–H and O–H groups in total. The van der Waals surface area contributed by atoms with Gasteiger partial charge in [-0.1, -0.05) is 90.4 Å². The summed E-state index contributed by atoms with van der Waals surface area (Å²) in [4.78, 5) is 22.0. The van der Waals surface area contributed by atoms with Crippen molar-refractivity contribution in [2.45, 2.75) is 116 Å². The number of hydrogen-bond acceptors (Lipinski definition) is 3. The Balaban J connectivity index is 2.11. The fraction of sp³-hybridized carbons (Fsp3) is 0.909. The van der Waals surface area contributed by atoms with E-state index in [-0.39, 0.29) is 0 Å². The number of rotatable bonds is 15. The lowest BCUT2D eigenvalue weighted by molar-refractivity contribution is -0.163. The molecule has 4 nitrogen and oxygen atoms in total. The quantitative estimate of drug-likeness (QED) is 0.279. The minimum Gasteiger partial charge on any atom is -0.479 e. The second kappa shape index (κ2) is 14.1. The van der Waals surface area contributed by atoms with Crippen LogP contribution in [0, 0.1) is 11.8 Å². The van der Waals surface area contributed by atoms with Gasteiger partial charge in [-0.25, -0.2) is 4.79 Å². The number of carbonyl (C=O) groups excluding carboxylic acids is 1. The van der Waals surface area contributed by atoms with Crippen LogP contribution in [0.1, 0.15) is 110 Å². The van der Waals surface area contributed by atoms with Gasteiger partial charge in [0.1, 0.15) is 0 Å². The lowest BCUT2D eigenvalue weighted by atomic mass is 9.86. The number of unbranched alkanes of at least 4 members (excludes halogenated alkanes) is 7. The summed E-state index contributed by atoms with van der Waals surface area (Å²) in [6, 6.07) is 0. The molecule has 1 fully saturated rings. The molecule has 0 aromatic rings. The lowest BCUT2D eigenvalue weighted by Gasteiger charge is -2.19. The van der Waals surface area contributed by atoms with E-state index in [1.165, 1.54) is 84.0 Å². The first-order chi connectivity index (χ1) is 12.5. The van der Waals surface area contributed by atoms with Gasteiger partial charge in [-0.05, 0) is 24.7 Å². The molecule has 1 rings (SSSR count). The van der Waals surface area contributed by atoms with Gasteiger partial charge in [0.25, 0.3) is 0 Å². The number of carboxylic acid groups (broad SMARTS) is 1. The molecule has 0 heterocycles. The van der Waals surface area contributed by atoms with Gasteiger partial charge < -0.3 is 9.84 Å². The van der Waals surface area contributed by atoms with Crippen LogP contribution in [0.25, 0.3) is 0 Å².